The van der Waals surface area contributed by atoms with Crippen molar-refractivity contribution in [2.75, 3.05) is 6.54 Å². The van der Waals surface area contributed by atoms with Crippen LogP contribution in [-0.2, 0) is 0 Å². The summed E-state index contributed by atoms with van der Waals surface area (Å²) in [4.78, 5) is 0. The van der Waals surface area contributed by atoms with Gasteiger partial charge in [0.25, 0.3) is 0 Å². The first kappa shape index (κ1) is 13.3. The molecule has 0 aliphatic rings. The van der Waals surface area contributed by atoms with Gasteiger partial charge in [-0.25, -0.2) is 0 Å². The molecule has 1 unspecified atom stereocenters. The Labute approximate surface area is 119 Å². The summed E-state index contributed by atoms with van der Waals surface area (Å²) in [5, 5.41) is 27.2. The van der Waals surface area contributed by atoms with Gasteiger partial charge in [-0.15, -0.1) is 0 Å². The van der Waals surface area contributed by atoms with Crippen LogP contribution >= 0.6 is 0 Å². The molecule has 0 aromatic heterocycles. The molecule has 0 amide bonds. The standard InChI is InChI=1S/C8H11NO3.Ba.2H/c9-4-8(12)5-1-2-6(10)7(11)3-5;;;/h1-3,8,10-12H,4,9H2;;;/q;+2;2*-1. The quantitative estimate of drug-likeness (QED) is 0.455. The SMILES string of the molecule is NCC(O)c1ccc(O)c(O)c1.[Ba+2].[H-].[H-]. The topological polar surface area (TPSA) is 86.7 Å². The molecule has 13 heavy (non-hydrogen) atoms. The van der Waals surface area contributed by atoms with Gasteiger partial charge in [0, 0.05) is 6.54 Å². The van der Waals surface area contributed by atoms with E-state index in [1.165, 1.54) is 18.2 Å². The van der Waals surface area contributed by atoms with Crippen LogP contribution in [0.3, 0.4) is 0 Å². The van der Waals surface area contributed by atoms with Crippen LogP contribution in [0.15, 0.2) is 18.2 Å². The number of hydrogen-bond acceptors (Lipinski definition) is 4. The molecule has 0 saturated carbocycles. The molecular weight excluding hydrogens is 295 g/mol. The zero-order valence-corrected chi connectivity index (χ0v) is 11.6. The minimum absolute atomic E-state index is 0. The van der Waals surface area contributed by atoms with Crippen molar-refractivity contribution in [1.29, 1.82) is 0 Å². The van der Waals surface area contributed by atoms with E-state index in [1.54, 1.807) is 0 Å². The largest absolute Gasteiger partial charge is 2.00 e. The molecule has 0 bridgehead atoms. The van der Waals surface area contributed by atoms with Crippen molar-refractivity contribution in [2.45, 2.75) is 6.10 Å². The smallest absolute Gasteiger partial charge is 1.00 e. The van der Waals surface area contributed by atoms with Crippen LogP contribution in [0.1, 0.15) is 14.5 Å². The number of phenols is 2. The molecule has 1 aromatic rings. The number of aliphatic hydroxyl groups is 1. The number of rotatable bonds is 2. The van der Waals surface area contributed by atoms with E-state index in [2.05, 4.69) is 0 Å². The number of hydrogen-bond donors (Lipinski definition) is 4. The monoisotopic (exact) mass is 309 g/mol. The Hall–Kier alpha value is 0.311. The van der Waals surface area contributed by atoms with Crippen LogP contribution in [0.2, 0.25) is 0 Å². The summed E-state index contributed by atoms with van der Waals surface area (Å²) < 4.78 is 0. The maximum Gasteiger partial charge on any atom is 2.00 e. The Kier molecular flexibility index (Phi) is 6.06. The molecule has 1 aromatic carbocycles. The molecule has 70 valence electrons. The van der Waals surface area contributed by atoms with E-state index in [1.807, 2.05) is 0 Å². The van der Waals surface area contributed by atoms with Crippen LogP contribution in [-0.4, -0.2) is 70.7 Å². The minimum Gasteiger partial charge on any atom is -1.00 e. The zero-order valence-electron chi connectivity index (χ0n) is 9.14. The summed E-state index contributed by atoms with van der Waals surface area (Å²) in [6.07, 6.45) is -0.795. The molecule has 4 nitrogen and oxygen atoms in total. The van der Waals surface area contributed by atoms with Gasteiger partial charge in [0.2, 0.25) is 0 Å². The first-order chi connectivity index (χ1) is 5.65. The number of aliphatic hydroxyl groups excluding tert-OH is 1. The molecule has 5 heteroatoms. The summed E-state index contributed by atoms with van der Waals surface area (Å²) in [6.45, 7) is 0.0875. The summed E-state index contributed by atoms with van der Waals surface area (Å²) in [5.74, 6) is -0.456. The van der Waals surface area contributed by atoms with E-state index >= 15 is 0 Å². The predicted octanol–water partition coefficient (Wildman–Crippen LogP) is -0.0659. The summed E-state index contributed by atoms with van der Waals surface area (Å²) in [6, 6.07) is 4.10. The van der Waals surface area contributed by atoms with Gasteiger partial charge in [0.15, 0.2) is 11.5 Å². The van der Waals surface area contributed by atoms with Gasteiger partial charge >= 0.3 is 48.9 Å². The summed E-state index contributed by atoms with van der Waals surface area (Å²) in [7, 11) is 0. The Morgan fingerprint density at radius 1 is 1.31 bits per heavy atom. The Morgan fingerprint density at radius 2 is 1.92 bits per heavy atom. The third-order valence-corrected chi connectivity index (χ3v) is 1.61. The van der Waals surface area contributed by atoms with E-state index in [0.717, 1.165) is 0 Å². The van der Waals surface area contributed by atoms with Crippen molar-refractivity contribution < 1.29 is 18.2 Å². The van der Waals surface area contributed by atoms with Crippen LogP contribution in [0.25, 0.3) is 0 Å². The predicted molar refractivity (Wildman–Crippen MR) is 51.8 cm³/mol. The van der Waals surface area contributed by atoms with Gasteiger partial charge in [-0.05, 0) is 17.7 Å². The Morgan fingerprint density at radius 3 is 2.38 bits per heavy atom. The van der Waals surface area contributed by atoms with Gasteiger partial charge < -0.3 is 23.9 Å². The molecule has 0 radical (unpaired) electrons. The molecule has 0 saturated heterocycles. The maximum atomic E-state index is 9.23. The van der Waals surface area contributed by atoms with E-state index in [0.29, 0.717) is 5.56 Å². The molecule has 0 aliphatic heterocycles. The maximum absolute atomic E-state index is 9.23. The van der Waals surface area contributed by atoms with Crippen molar-refractivity contribution in [3.8, 4) is 11.5 Å². The first-order valence-electron chi connectivity index (χ1n) is 3.55. The van der Waals surface area contributed by atoms with Crippen molar-refractivity contribution in [3.05, 3.63) is 23.8 Å². The number of aromatic hydroxyl groups is 2. The van der Waals surface area contributed by atoms with E-state index in [9.17, 15) is 5.11 Å². The van der Waals surface area contributed by atoms with Crippen molar-refractivity contribution in [1.82, 2.24) is 0 Å². The average molecular weight is 309 g/mol. The zero-order chi connectivity index (χ0) is 9.14. The Bertz CT molecular complexity index is 289. The molecule has 5 N–H and O–H groups in total. The van der Waals surface area contributed by atoms with Gasteiger partial charge in [-0.2, -0.15) is 0 Å². The van der Waals surface area contributed by atoms with Crippen LogP contribution < -0.4 is 5.73 Å². The molecule has 0 fully saturated rings. The third kappa shape index (κ3) is 3.51. The second-order valence-corrected chi connectivity index (χ2v) is 2.50. The fraction of sp³-hybridized carbons (Fsp3) is 0.250. The third-order valence-electron chi connectivity index (χ3n) is 1.61. The van der Waals surface area contributed by atoms with E-state index < -0.39 is 6.10 Å². The number of nitrogens with two attached hydrogens (primary N) is 1. The average Bonchev–Trinajstić information content (AvgIpc) is 2.08. The van der Waals surface area contributed by atoms with Crippen molar-refractivity contribution in [3.63, 3.8) is 0 Å². The fourth-order valence-electron chi connectivity index (χ4n) is 0.884. The van der Waals surface area contributed by atoms with Gasteiger partial charge in [0.1, 0.15) is 0 Å². The molecular formula is C8H13BaNO3. The molecule has 0 aliphatic carbocycles. The van der Waals surface area contributed by atoms with Crippen molar-refractivity contribution in [2.24, 2.45) is 5.73 Å². The second kappa shape index (κ2) is 5.92. The van der Waals surface area contributed by atoms with E-state index in [-0.39, 0.29) is 69.8 Å². The summed E-state index contributed by atoms with van der Waals surface area (Å²) >= 11 is 0. The van der Waals surface area contributed by atoms with Gasteiger partial charge in [-0.1, -0.05) is 6.07 Å². The Balaban J connectivity index is -0.000000480. The van der Waals surface area contributed by atoms with Gasteiger partial charge in [0.05, 0.1) is 6.10 Å². The number of benzene rings is 1. The van der Waals surface area contributed by atoms with Crippen LogP contribution in [0.5, 0.6) is 11.5 Å². The van der Waals surface area contributed by atoms with E-state index in [4.69, 9.17) is 15.9 Å². The molecule has 1 rings (SSSR count). The van der Waals surface area contributed by atoms with Crippen LogP contribution in [0, 0.1) is 0 Å². The number of phenolic OH excluding ortho intramolecular Hbond substituents is 2. The molecule has 0 spiro atoms. The normalized spacial score (nSPS) is 11.8. The second-order valence-electron chi connectivity index (χ2n) is 2.50. The molecule has 0 heterocycles. The van der Waals surface area contributed by atoms with Crippen LogP contribution in [0.4, 0.5) is 0 Å². The fourth-order valence-corrected chi connectivity index (χ4v) is 0.884. The first-order valence-corrected chi connectivity index (χ1v) is 3.55. The van der Waals surface area contributed by atoms with Gasteiger partial charge in [-0.3, -0.25) is 0 Å². The molecule has 1 atom stereocenters. The minimum atomic E-state index is -0.795. The van der Waals surface area contributed by atoms with Crippen molar-refractivity contribution >= 4 is 48.9 Å². The summed E-state index contributed by atoms with van der Waals surface area (Å²) in [5.41, 5.74) is 5.69.